The minimum atomic E-state index is -0.130. The van der Waals surface area contributed by atoms with E-state index in [1.807, 2.05) is 23.1 Å². The van der Waals surface area contributed by atoms with Crippen molar-refractivity contribution in [3.8, 4) is 0 Å². The first kappa shape index (κ1) is 19.8. The molecule has 2 heterocycles. The molecule has 146 valence electrons. The third-order valence-corrected chi connectivity index (χ3v) is 5.56. The quantitative estimate of drug-likeness (QED) is 0.753. The minimum Gasteiger partial charge on any atom is -0.365 e. The molecule has 0 spiro atoms. The molecule has 1 atom stereocenters. The molecule has 0 aliphatic carbocycles. The number of nitrogens with zero attached hydrogens (tertiary/aromatic N) is 2. The molecule has 6 nitrogen and oxygen atoms in total. The van der Waals surface area contributed by atoms with Crippen LogP contribution in [0.1, 0.15) is 31.7 Å². The number of hydrogen-bond donors (Lipinski definition) is 1. The summed E-state index contributed by atoms with van der Waals surface area (Å²) in [7, 11) is 0. The van der Waals surface area contributed by atoms with E-state index in [-0.39, 0.29) is 24.5 Å². The van der Waals surface area contributed by atoms with Crippen molar-refractivity contribution in [2.24, 2.45) is 5.92 Å². The van der Waals surface area contributed by atoms with Gasteiger partial charge in [-0.3, -0.25) is 9.59 Å². The Morgan fingerprint density at radius 2 is 2.22 bits per heavy atom. The Labute approximate surface area is 163 Å². The van der Waals surface area contributed by atoms with Crippen molar-refractivity contribution in [3.05, 3.63) is 29.3 Å². The summed E-state index contributed by atoms with van der Waals surface area (Å²) in [5.41, 5.74) is 1.02. The van der Waals surface area contributed by atoms with Crippen molar-refractivity contribution in [1.29, 1.82) is 0 Å². The summed E-state index contributed by atoms with van der Waals surface area (Å²) in [6.45, 7) is 6.00. The van der Waals surface area contributed by atoms with Crippen molar-refractivity contribution >= 4 is 33.4 Å². The molecule has 1 aliphatic heterocycles. The van der Waals surface area contributed by atoms with Crippen LogP contribution >= 0.6 is 11.3 Å². The van der Waals surface area contributed by atoms with Gasteiger partial charge in [-0.15, -0.1) is 11.3 Å². The van der Waals surface area contributed by atoms with E-state index >= 15 is 0 Å². The van der Waals surface area contributed by atoms with Gasteiger partial charge in [-0.25, -0.2) is 4.98 Å². The van der Waals surface area contributed by atoms with Crippen LogP contribution in [0.4, 0.5) is 0 Å². The molecule has 2 aromatic rings. The van der Waals surface area contributed by atoms with E-state index in [0.717, 1.165) is 29.9 Å². The van der Waals surface area contributed by atoms with Crippen molar-refractivity contribution in [2.45, 2.75) is 39.2 Å². The Kier molecular flexibility index (Phi) is 6.79. The van der Waals surface area contributed by atoms with E-state index < -0.39 is 0 Å². The Balaban J connectivity index is 1.37. The van der Waals surface area contributed by atoms with Gasteiger partial charge in [0.1, 0.15) is 6.61 Å². The summed E-state index contributed by atoms with van der Waals surface area (Å²) in [6, 6.07) is 8.09. The van der Waals surface area contributed by atoms with Crippen LogP contribution in [0, 0.1) is 5.92 Å². The van der Waals surface area contributed by atoms with E-state index in [1.54, 1.807) is 11.3 Å². The SMILES string of the molecule is CC(C)CN1CC(CNC(=O)CCCc2nc3ccccc3s2)OCC1=O. The topological polar surface area (TPSA) is 71.5 Å². The molecule has 27 heavy (non-hydrogen) atoms. The van der Waals surface area contributed by atoms with Crippen molar-refractivity contribution in [3.63, 3.8) is 0 Å². The fraction of sp³-hybridized carbons (Fsp3) is 0.550. The number of aryl methyl sites for hydroxylation is 1. The average Bonchev–Trinajstić information content (AvgIpc) is 3.04. The number of fused-ring (bicyclic) bond motifs is 1. The Hall–Kier alpha value is -1.99. The van der Waals surface area contributed by atoms with Crippen LogP contribution in [0.25, 0.3) is 10.2 Å². The van der Waals surface area contributed by atoms with E-state index in [2.05, 4.69) is 30.2 Å². The van der Waals surface area contributed by atoms with Gasteiger partial charge in [0, 0.05) is 26.1 Å². The number of hydrogen-bond acceptors (Lipinski definition) is 5. The minimum absolute atomic E-state index is 0.0204. The van der Waals surface area contributed by atoms with Gasteiger partial charge in [0.25, 0.3) is 0 Å². The lowest BCUT2D eigenvalue weighted by Crippen LogP contribution is -2.51. The second kappa shape index (κ2) is 9.28. The highest BCUT2D eigenvalue weighted by atomic mass is 32.1. The summed E-state index contributed by atoms with van der Waals surface area (Å²) in [6.07, 6.45) is 1.92. The maximum absolute atomic E-state index is 12.1. The van der Waals surface area contributed by atoms with Gasteiger partial charge in [0.05, 0.1) is 21.3 Å². The van der Waals surface area contributed by atoms with Gasteiger partial charge < -0.3 is 15.0 Å². The predicted molar refractivity (Wildman–Crippen MR) is 107 cm³/mol. The number of benzene rings is 1. The number of amides is 2. The molecule has 1 aliphatic rings. The molecule has 7 heteroatoms. The van der Waals surface area contributed by atoms with Crippen molar-refractivity contribution < 1.29 is 14.3 Å². The summed E-state index contributed by atoms with van der Waals surface area (Å²) < 4.78 is 6.73. The summed E-state index contributed by atoms with van der Waals surface area (Å²) >= 11 is 1.69. The molecule has 0 radical (unpaired) electrons. The van der Waals surface area contributed by atoms with Crippen LogP contribution in [0.3, 0.4) is 0 Å². The number of nitrogens with one attached hydrogen (secondary N) is 1. The molecule has 3 rings (SSSR count). The number of morpholine rings is 1. The first-order chi connectivity index (χ1) is 13.0. The third kappa shape index (κ3) is 5.74. The Bertz CT molecular complexity index is 757. The van der Waals surface area contributed by atoms with Gasteiger partial charge in [-0.2, -0.15) is 0 Å². The molecule has 1 unspecified atom stereocenters. The number of ether oxygens (including phenoxy) is 1. The highest BCUT2D eigenvalue weighted by Gasteiger charge is 2.26. The molecule has 1 N–H and O–H groups in total. The van der Waals surface area contributed by atoms with Crippen LogP contribution in [0.2, 0.25) is 0 Å². The van der Waals surface area contributed by atoms with Gasteiger partial charge >= 0.3 is 0 Å². The normalized spacial score (nSPS) is 17.7. The first-order valence-electron chi connectivity index (χ1n) is 9.52. The van der Waals surface area contributed by atoms with Gasteiger partial charge in [-0.05, 0) is 30.9 Å². The molecule has 1 aromatic heterocycles. The highest BCUT2D eigenvalue weighted by molar-refractivity contribution is 7.18. The standard InChI is InChI=1S/C20H27N3O3S/c1-14(2)11-23-12-15(26-13-20(23)25)10-21-18(24)8-5-9-19-22-16-6-3-4-7-17(16)27-19/h3-4,6-7,14-15H,5,8-13H2,1-2H3,(H,21,24). The summed E-state index contributed by atoms with van der Waals surface area (Å²) in [5, 5.41) is 4.01. The lowest BCUT2D eigenvalue weighted by Gasteiger charge is -2.33. The number of aromatic nitrogens is 1. The van der Waals surface area contributed by atoms with Gasteiger partial charge in [0.2, 0.25) is 11.8 Å². The Morgan fingerprint density at radius 3 is 3.00 bits per heavy atom. The number of carbonyl (C=O) groups is 2. The van der Waals surface area contributed by atoms with E-state index in [4.69, 9.17) is 4.74 Å². The number of para-hydroxylation sites is 1. The van der Waals surface area contributed by atoms with Gasteiger partial charge in [0.15, 0.2) is 0 Å². The molecule has 0 saturated carbocycles. The second-order valence-corrected chi connectivity index (χ2v) is 8.47. The summed E-state index contributed by atoms with van der Waals surface area (Å²) in [5.74, 6) is 0.471. The maximum Gasteiger partial charge on any atom is 0.248 e. The lowest BCUT2D eigenvalue weighted by atomic mass is 10.1. The zero-order valence-electron chi connectivity index (χ0n) is 15.9. The second-order valence-electron chi connectivity index (χ2n) is 7.36. The maximum atomic E-state index is 12.1. The predicted octanol–water partition coefficient (Wildman–Crippen LogP) is 2.62. The lowest BCUT2D eigenvalue weighted by molar-refractivity contribution is -0.149. The molecule has 2 amide bonds. The zero-order valence-corrected chi connectivity index (χ0v) is 16.8. The van der Waals surface area contributed by atoms with E-state index in [9.17, 15) is 9.59 Å². The number of thiazole rings is 1. The van der Waals surface area contributed by atoms with Crippen molar-refractivity contribution in [1.82, 2.24) is 15.2 Å². The Morgan fingerprint density at radius 1 is 1.41 bits per heavy atom. The zero-order chi connectivity index (χ0) is 19.2. The highest BCUT2D eigenvalue weighted by Crippen LogP contribution is 2.22. The first-order valence-corrected chi connectivity index (χ1v) is 10.3. The molecule has 1 fully saturated rings. The van der Waals surface area contributed by atoms with Crippen LogP contribution in [-0.4, -0.2) is 54.0 Å². The molecule has 1 saturated heterocycles. The van der Waals surface area contributed by atoms with Crippen LogP contribution < -0.4 is 5.32 Å². The fourth-order valence-corrected chi connectivity index (χ4v) is 4.17. The average molecular weight is 390 g/mol. The van der Waals surface area contributed by atoms with Crippen LogP contribution in [-0.2, 0) is 20.7 Å². The molecular weight excluding hydrogens is 362 g/mol. The van der Waals surface area contributed by atoms with Crippen LogP contribution in [0.15, 0.2) is 24.3 Å². The van der Waals surface area contributed by atoms with E-state index in [0.29, 0.717) is 25.4 Å². The largest absolute Gasteiger partial charge is 0.365 e. The third-order valence-electron chi connectivity index (χ3n) is 4.46. The van der Waals surface area contributed by atoms with Gasteiger partial charge in [-0.1, -0.05) is 26.0 Å². The molecule has 1 aromatic carbocycles. The van der Waals surface area contributed by atoms with E-state index in [1.165, 1.54) is 4.70 Å². The molecule has 0 bridgehead atoms. The number of rotatable bonds is 8. The number of carbonyl (C=O) groups excluding carboxylic acids is 2. The van der Waals surface area contributed by atoms with Crippen molar-refractivity contribution in [2.75, 3.05) is 26.2 Å². The fourth-order valence-electron chi connectivity index (χ4n) is 3.16. The van der Waals surface area contributed by atoms with Crippen LogP contribution in [0.5, 0.6) is 0 Å². The summed E-state index contributed by atoms with van der Waals surface area (Å²) in [4.78, 5) is 30.4. The molecular formula is C20H27N3O3S. The smallest absolute Gasteiger partial charge is 0.248 e. The monoisotopic (exact) mass is 389 g/mol.